The van der Waals surface area contributed by atoms with Gasteiger partial charge in [-0.15, -0.1) is 0 Å². The number of hydrogen-bond acceptors (Lipinski definition) is 3. The summed E-state index contributed by atoms with van der Waals surface area (Å²) in [5, 5.41) is 6.80. The van der Waals surface area contributed by atoms with Crippen LogP contribution in [0.4, 0.5) is 11.4 Å². The van der Waals surface area contributed by atoms with Crippen LogP contribution in [0, 0.1) is 0 Å². The molecule has 4 nitrogen and oxygen atoms in total. The van der Waals surface area contributed by atoms with Crippen LogP contribution in [0.25, 0.3) is 0 Å². The molecule has 0 spiro atoms. The molecule has 0 amide bonds. The first kappa shape index (κ1) is 20.0. The van der Waals surface area contributed by atoms with Gasteiger partial charge in [0.1, 0.15) is 11.5 Å². The van der Waals surface area contributed by atoms with E-state index in [1.165, 1.54) is 0 Å². The van der Waals surface area contributed by atoms with Crippen molar-refractivity contribution in [2.24, 2.45) is 0 Å². The normalized spacial score (nSPS) is 9.48. The quantitative estimate of drug-likeness (QED) is 0.600. The monoisotopic (exact) mass is 358 g/mol. The predicted octanol–water partition coefficient (Wildman–Crippen LogP) is 4.14. The van der Waals surface area contributed by atoms with Gasteiger partial charge in [-0.2, -0.15) is 0 Å². The zero-order valence-corrected chi connectivity index (χ0v) is 16.5. The molecule has 2 N–H and O–H groups in total. The van der Waals surface area contributed by atoms with Crippen molar-refractivity contribution >= 4 is 66.4 Å². The second kappa shape index (κ2) is 10.7. The van der Waals surface area contributed by atoms with Gasteiger partial charge in [0.05, 0.1) is 13.2 Å². The minimum Gasteiger partial charge on any atom is -1.00 e. The molecule has 0 bridgehead atoms. The first-order valence-corrected chi connectivity index (χ1v) is 7.65. The molecule has 2 rings (SSSR count). The molecule has 0 aliphatic carbocycles. The number of benzene rings is 2. The van der Waals surface area contributed by atoms with E-state index in [-0.39, 0.29) is 40.6 Å². The van der Waals surface area contributed by atoms with E-state index in [0.717, 1.165) is 22.9 Å². The number of rotatable bonds is 6. The maximum Gasteiger partial charge on any atom is 2.00 e. The van der Waals surface area contributed by atoms with Crippen molar-refractivity contribution in [3.05, 3.63) is 48.5 Å². The van der Waals surface area contributed by atoms with Crippen molar-refractivity contribution in [1.82, 2.24) is 0 Å². The van der Waals surface area contributed by atoms with Crippen LogP contribution in [-0.4, -0.2) is 56.1 Å². The van der Waals surface area contributed by atoms with Crippen molar-refractivity contribution in [3.8, 4) is 11.5 Å². The Morgan fingerprint density at radius 1 is 0.826 bits per heavy atom. The Balaban J connectivity index is 0. The predicted molar refractivity (Wildman–Crippen MR) is 103 cm³/mol. The van der Waals surface area contributed by atoms with Gasteiger partial charge in [-0.25, -0.2) is 0 Å². The third kappa shape index (κ3) is 6.95. The van der Waals surface area contributed by atoms with Gasteiger partial charge in [0, 0.05) is 11.4 Å². The van der Waals surface area contributed by atoms with Gasteiger partial charge in [-0.05, 0) is 74.6 Å². The average molecular weight is 359 g/mol. The molecule has 6 heteroatoms. The van der Waals surface area contributed by atoms with Crippen molar-refractivity contribution in [2.75, 3.05) is 23.8 Å². The molecule has 0 aliphatic rings. The van der Waals surface area contributed by atoms with Crippen molar-refractivity contribution in [3.63, 3.8) is 0 Å². The van der Waals surface area contributed by atoms with Crippen LogP contribution >= 0.6 is 12.2 Å². The van der Waals surface area contributed by atoms with Crippen LogP contribution in [0.2, 0.25) is 0 Å². The number of nitrogens with one attached hydrogen (secondary N) is 2. The third-order valence-electron chi connectivity index (χ3n) is 2.85. The Morgan fingerprint density at radius 3 is 1.48 bits per heavy atom. The van der Waals surface area contributed by atoms with Crippen LogP contribution in [0.3, 0.4) is 0 Å². The van der Waals surface area contributed by atoms with Crippen LogP contribution in [0.1, 0.15) is 16.7 Å². The van der Waals surface area contributed by atoms with Crippen LogP contribution in [0.5, 0.6) is 11.5 Å². The molecule has 0 aromatic heterocycles. The summed E-state index contributed by atoms with van der Waals surface area (Å²) in [5.41, 5.74) is 1.82. The summed E-state index contributed by atoms with van der Waals surface area (Å²) < 4.78 is 10.8. The fourth-order valence-corrected chi connectivity index (χ4v) is 2.13. The zero-order chi connectivity index (χ0) is 15.8. The fourth-order valence-electron chi connectivity index (χ4n) is 1.90. The minimum absolute atomic E-state index is 0. The standard InChI is InChI=1S/C17H20N2O2S.Ca.2H/c1-3-20-15-9-5-13(6-10-15)18-17(22)19-14-7-11-16(12-8-14)21-4-2;;;/h5-12H,3-4H2,1-2H3,(H2,18,19,22);;;/q;+2;2*-1. The molecule has 23 heavy (non-hydrogen) atoms. The molecule has 0 atom stereocenters. The fraction of sp³-hybridized carbons (Fsp3) is 0.235. The topological polar surface area (TPSA) is 42.5 Å². The van der Waals surface area contributed by atoms with Crippen molar-refractivity contribution in [1.29, 1.82) is 0 Å². The summed E-state index contributed by atoms with van der Waals surface area (Å²) in [6.45, 7) is 5.24. The first-order chi connectivity index (χ1) is 10.7. The molecule has 0 saturated heterocycles. The van der Waals surface area contributed by atoms with Crippen LogP contribution < -0.4 is 20.1 Å². The summed E-state index contributed by atoms with van der Waals surface area (Å²) in [7, 11) is 0. The van der Waals surface area contributed by atoms with E-state index in [0.29, 0.717) is 18.3 Å². The number of hydrogen-bond donors (Lipinski definition) is 2. The summed E-state index contributed by atoms with van der Waals surface area (Å²) >= 11 is 5.30. The van der Waals surface area contributed by atoms with Crippen molar-refractivity contribution in [2.45, 2.75) is 13.8 Å². The van der Waals surface area contributed by atoms with Gasteiger partial charge in [0.2, 0.25) is 0 Å². The van der Waals surface area contributed by atoms with E-state index in [2.05, 4.69) is 10.6 Å². The van der Waals surface area contributed by atoms with Gasteiger partial charge >= 0.3 is 37.7 Å². The summed E-state index contributed by atoms with van der Waals surface area (Å²) in [6.07, 6.45) is 0. The van der Waals surface area contributed by atoms with Gasteiger partial charge in [-0.1, -0.05) is 0 Å². The molecule has 0 radical (unpaired) electrons. The Kier molecular flexibility index (Phi) is 9.33. The number of ether oxygens (including phenoxy) is 2. The first-order valence-electron chi connectivity index (χ1n) is 7.25. The average Bonchev–Trinajstić information content (AvgIpc) is 2.52. The Morgan fingerprint density at radius 2 is 1.17 bits per heavy atom. The second-order valence-corrected chi connectivity index (χ2v) is 4.90. The molecule has 0 fully saturated rings. The summed E-state index contributed by atoms with van der Waals surface area (Å²) in [5.74, 6) is 1.69. The molecular weight excluding hydrogens is 336 g/mol. The SMILES string of the molecule is CCOc1ccc(NC(=S)Nc2ccc(OCC)cc2)cc1.[Ca+2].[H-].[H-]. The molecule has 120 valence electrons. The Bertz CT molecular complexity index is 560. The van der Waals surface area contributed by atoms with Crippen molar-refractivity contribution < 1.29 is 12.3 Å². The van der Waals surface area contributed by atoms with Crippen LogP contribution in [-0.2, 0) is 0 Å². The third-order valence-corrected chi connectivity index (χ3v) is 3.05. The van der Waals surface area contributed by atoms with Crippen LogP contribution in [0.15, 0.2) is 48.5 Å². The largest absolute Gasteiger partial charge is 2.00 e. The van der Waals surface area contributed by atoms with E-state index < -0.39 is 0 Å². The zero-order valence-electron chi connectivity index (χ0n) is 15.5. The molecular formula is C17H22CaN2O2S. The second-order valence-electron chi connectivity index (χ2n) is 4.49. The Labute approximate surface area is 175 Å². The van der Waals surface area contributed by atoms with Gasteiger partial charge in [-0.3, -0.25) is 0 Å². The van der Waals surface area contributed by atoms with Gasteiger partial charge < -0.3 is 23.0 Å². The molecule has 2 aromatic carbocycles. The van der Waals surface area contributed by atoms with E-state index in [4.69, 9.17) is 21.7 Å². The van der Waals surface area contributed by atoms with E-state index in [1.807, 2.05) is 62.4 Å². The number of anilines is 2. The minimum atomic E-state index is 0. The molecule has 0 unspecified atom stereocenters. The summed E-state index contributed by atoms with van der Waals surface area (Å²) in [4.78, 5) is 0. The molecule has 0 aliphatic heterocycles. The summed E-state index contributed by atoms with van der Waals surface area (Å²) in [6, 6.07) is 15.3. The van der Waals surface area contributed by atoms with Gasteiger partial charge in [0.15, 0.2) is 5.11 Å². The number of thiocarbonyl (C=S) groups is 1. The van der Waals surface area contributed by atoms with E-state index >= 15 is 0 Å². The maximum absolute atomic E-state index is 5.40. The van der Waals surface area contributed by atoms with E-state index in [1.54, 1.807) is 0 Å². The molecule has 2 aromatic rings. The smallest absolute Gasteiger partial charge is 1.00 e. The van der Waals surface area contributed by atoms with Gasteiger partial charge in [0.25, 0.3) is 0 Å². The molecule has 0 heterocycles. The molecule has 0 saturated carbocycles. The van der Waals surface area contributed by atoms with E-state index in [9.17, 15) is 0 Å². The Hall–Kier alpha value is -1.01. The maximum atomic E-state index is 5.40.